The smallest absolute Gasteiger partial charge is 0.0632 e. The molecule has 0 aliphatic heterocycles. The van der Waals surface area contributed by atoms with Gasteiger partial charge in [-0.05, 0) is 32.1 Å². The molecule has 0 unspecified atom stereocenters. The molecule has 0 radical (unpaired) electrons. The third-order valence-electron chi connectivity index (χ3n) is 1.48. The summed E-state index contributed by atoms with van der Waals surface area (Å²) in [5, 5.41) is 0. The van der Waals surface area contributed by atoms with Gasteiger partial charge in [-0.25, -0.2) is 0 Å². The predicted octanol–water partition coefficient (Wildman–Crippen LogP) is 2.98. The fourth-order valence-corrected chi connectivity index (χ4v) is 0.922. The summed E-state index contributed by atoms with van der Waals surface area (Å²) in [4.78, 5) is 4.32. The number of hydrogen-bond acceptors (Lipinski definition) is 1. The Morgan fingerprint density at radius 1 is 1.25 bits per heavy atom. The fourth-order valence-electron chi connectivity index (χ4n) is 0.922. The number of aromatic nitrogens is 1. The molecule has 0 aliphatic rings. The molecule has 0 aliphatic carbocycles. The Kier molecular flexibility index (Phi) is 3.27. The molecule has 0 fully saturated rings. The van der Waals surface area contributed by atoms with E-state index < -0.39 is 0 Å². The maximum Gasteiger partial charge on any atom is 0.0632 e. The largest absolute Gasteiger partial charge is 0.254 e. The summed E-state index contributed by atoms with van der Waals surface area (Å²) in [5.74, 6) is 0. The Morgan fingerprint density at radius 3 is 2.75 bits per heavy atom. The Morgan fingerprint density at radius 2 is 2.08 bits per heavy atom. The van der Waals surface area contributed by atoms with Crippen LogP contribution < -0.4 is 0 Å². The zero-order chi connectivity index (χ0) is 8.81. The monoisotopic (exact) mass is 159 g/mol. The van der Waals surface area contributed by atoms with Crippen LogP contribution in [0.15, 0.2) is 36.4 Å². The van der Waals surface area contributed by atoms with E-state index in [-0.39, 0.29) is 0 Å². The predicted molar refractivity (Wildman–Crippen MR) is 52.8 cm³/mol. The quantitative estimate of drug-likeness (QED) is 0.604. The molecule has 1 heteroatoms. The lowest BCUT2D eigenvalue weighted by Crippen LogP contribution is -1.82. The Balaban J connectivity index is 2.76. The first-order valence-electron chi connectivity index (χ1n) is 4.06. The molecular weight excluding hydrogens is 146 g/mol. The van der Waals surface area contributed by atoms with E-state index in [0.29, 0.717) is 0 Å². The van der Waals surface area contributed by atoms with E-state index in [4.69, 9.17) is 0 Å². The van der Waals surface area contributed by atoms with Gasteiger partial charge >= 0.3 is 0 Å². The fraction of sp³-hybridized carbons (Fsp3) is 0.182. The molecule has 1 aromatic heterocycles. The molecule has 1 nitrogen and oxygen atoms in total. The molecule has 1 aromatic rings. The molecule has 62 valence electrons. The molecule has 0 aromatic carbocycles. The lowest BCUT2D eigenvalue weighted by molar-refractivity contribution is 1.18. The molecule has 1 heterocycles. The third-order valence-corrected chi connectivity index (χ3v) is 1.48. The summed E-state index contributed by atoms with van der Waals surface area (Å²) in [5.41, 5.74) is 2.06. The summed E-state index contributed by atoms with van der Waals surface area (Å²) in [7, 11) is 0. The van der Waals surface area contributed by atoms with E-state index in [1.165, 1.54) is 0 Å². The second-order valence-electron chi connectivity index (χ2n) is 2.59. The molecule has 0 spiro atoms. The highest BCUT2D eigenvalue weighted by Gasteiger charge is 1.86. The van der Waals surface area contributed by atoms with Crippen LogP contribution in [0.3, 0.4) is 0 Å². The maximum atomic E-state index is 4.32. The molecule has 0 N–H and O–H groups in total. The van der Waals surface area contributed by atoms with Crippen LogP contribution in [0.2, 0.25) is 0 Å². The van der Waals surface area contributed by atoms with Crippen molar-refractivity contribution in [1.29, 1.82) is 0 Å². The van der Waals surface area contributed by atoms with Gasteiger partial charge in [0.2, 0.25) is 0 Å². The molecule has 12 heavy (non-hydrogen) atoms. The second kappa shape index (κ2) is 4.50. The SMILES string of the molecule is C/C=C\C=C\c1cccc(C)n1. The topological polar surface area (TPSA) is 12.9 Å². The number of nitrogens with zero attached hydrogens (tertiary/aromatic N) is 1. The van der Waals surface area contributed by atoms with Crippen LogP contribution in [0.5, 0.6) is 0 Å². The molecular formula is C11H13N. The van der Waals surface area contributed by atoms with Crippen molar-refractivity contribution < 1.29 is 0 Å². The van der Waals surface area contributed by atoms with Gasteiger partial charge in [0.25, 0.3) is 0 Å². The van der Waals surface area contributed by atoms with Crippen LogP contribution in [0, 0.1) is 6.92 Å². The Labute approximate surface area is 73.5 Å². The van der Waals surface area contributed by atoms with Crippen molar-refractivity contribution in [3.63, 3.8) is 0 Å². The van der Waals surface area contributed by atoms with Gasteiger partial charge in [-0.3, -0.25) is 4.98 Å². The summed E-state index contributed by atoms with van der Waals surface area (Å²) in [6, 6.07) is 6.00. The highest BCUT2D eigenvalue weighted by Crippen LogP contribution is 2.00. The minimum absolute atomic E-state index is 1.01. The number of allylic oxidation sites excluding steroid dienone is 3. The van der Waals surface area contributed by atoms with Crippen LogP contribution in [0.1, 0.15) is 18.3 Å². The van der Waals surface area contributed by atoms with Crippen molar-refractivity contribution in [2.24, 2.45) is 0 Å². The van der Waals surface area contributed by atoms with Gasteiger partial charge in [0.15, 0.2) is 0 Å². The molecule has 0 atom stereocenters. The van der Waals surface area contributed by atoms with E-state index in [2.05, 4.69) is 4.98 Å². The van der Waals surface area contributed by atoms with Crippen LogP contribution in [-0.2, 0) is 0 Å². The molecule has 0 saturated carbocycles. The van der Waals surface area contributed by atoms with E-state index in [0.717, 1.165) is 11.4 Å². The van der Waals surface area contributed by atoms with E-state index in [1.54, 1.807) is 0 Å². The van der Waals surface area contributed by atoms with Gasteiger partial charge in [-0.1, -0.05) is 24.3 Å². The van der Waals surface area contributed by atoms with Crippen molar-refractivity contribution in [1.82, 2.24) is 4.98 Å². The van der Waals surface area contributed by atoms with Crippen molar-refractivity contribution in [3.8, 4) is 0 Å². The lowest BCUT2D eigenvalue weighted by Gasteiger charge is -1.92. The normalized spacial score (nSPS) is 11.5. The van der Waals surface area contributed by atoms with Crippen molar-refractivity contribution in [2.75, 3.05) is 0 Å². The number of aryl methyl sites for hydroxylation is 1. The average Bonchev–Trinajstić information content (AvgIpc) is 2.05. The molecule has 1 rings (SSSR count). The first-order chi connectivity index (χ1) is 5.83. The van der Waals surface area contributed by atoms with Crippen LogP contribution in [0.4, 0.5) is 0 Å². The zero-order valence-corrected chi connectivity index (χ0v) is 7.49. The summed E-state index contributed by atoms with van der Waals surface area (Å²) in [6.07, 6.45) is 7.96. The van der Waals surface area contributed by atoms with Crippen molar-refractivity contribution in [2.45, 2.75) is 13.8 Å². The van der Waals surface area contributed by atoms with Crippen molar-refractivity contribution in [3.05, 3.63) is 47.8 Å². The van der Waals surface area contributed by atoms with E-state index in [9.17, 15) is 0 Å². The second-order valence-corrected chi connectivity index (χ2v) is 2.59. The van der Waals surface area contributed by atoms with Gasteiger partial charge < -0.3 is 0 Å². The minimum Gasteiger partial charge on any atom is -0.254 e. The molecule has 0 saturated heterocycles. The summed E-state index contributed by atoms with van der Waals surface area (Å²) in [6.45, 7) is 3.99. The molecule has 0 bridgehead atoms. The van der Waals surface area contributed by atoms with Crippen LogP contribution in [-0.4, -0.2) is 4.98 Å². The van der Waals surface area contributed by atoms with E-state index in [1.807, 2.05) is 56.4 Å². The zero-order valence-electron chi connectivity index (χ0n) is 7.49. The van der Waals surface area contributed by atoms with Gasteiger partial charge in [0, 0.05) is 5.69 Å². The van der Waals surface area contributed by atoms with Crippen LogP contribution >= 0.6 is 0 Å². The Hall–Kier alpha value is -1.37. The summed E-state index contributed by atoms with van der Waals surface area (Å²) >= 11 is 0. The van der Waals surface area contributed by atoms with Gasteiger partial charge in [-0.15, -0.1) is 0 Å². The van der Waals surface area contributed by atoms with Gasteiger partial charge in [0.1, 0.15) is 0 Å². The number of hydrogen-bond donors (Lipinski definition) is 0. The van der Waals surface area contributed by atoms with Crippen LogP contribution in [0.25, 0.3) is 6.08 Å². The lowest BCUT2D eigenvalue weighted by atomic mass is 10.3. The minimum atomic E-state index is 1.01. The highest BCUT2D eigenvalue weighted by molar-refractivity contribution is 5.46. The summed E-state index contributed by atoms with van der Waals surface area (Å²) < 4.78 is 0. The van der Waals surface area contributed by atoms with Crippen molar-refractivity contribution >= 4 is 6.08 Å². The molecule has 0 amide bonds. The average molecular weight is 159 g/mol. The number of rotatable bonds is 2. The van der Waals surface area contributed by atoms with E-state index >= 15 is 0 Å². The first kappa shape index (κ1) is 8.72. The maximum absolute atomic E-state index is 4.32. The standard InChI is InChI=1S/C11H13N/c1-3-4-5-8-11-9-6-7-10(2)12-11/h3-9H,1-2H3/b4-3-,8-5+. The first-order valence-corrected chi connectivity index (χ1v) is 4.06. The highest BCUT2D eigenvalue weighted by atomic mass is 14.7. The van der Waals surface area contributed by atoms with Gasteiger partial charge in [0.05, 0.1) is 5.69 Å². The van der Waals surface area contributed by atoms with Gasteiger partial charge in [-0.2, -0.15) is 0 Å². The Bertz CT molecular complexity index is 298. The third kappa shape index (κ3) is 2.70. The number of pyridine rings is 1.